The first-order valence-electron chi connectivity index (χ1n) is 16.9. The standard InChI is InChI=1S/C37H46N4O6S/c1-9-23-20-36(4,5)40(10-2)29-18-31-27(16-25(23)29)34(35-38(8)14-15-39(35)13-12-33(42)43)28-17-26-24(22-48(44,45)46)21-37(6,7)41(11-3)30(26)19-32(28)47-31/h14-20,24H,9-13,21-22H2,1-8H3/p+2. The van der Waals surface area contributed by atoms with Gasteiger partial charge in [-0.3, -0.25) is 9.35 Å². The molecule has 3 aromatic rings. The van der Waals surface area contributed by atoms with Crippen LogP contribution in [0.15, 0.2) is 42.7 Å². The number of imidazole rings is 1. The third-order valence-electron chi connectivity index (χ3n) is 10.3. The number of aromatic nitrogens is 2. The Morgan fingerprint density at radius 1 is 1.06 bits per heavy atom. The first-order valence-corrected chi connectivity index (χ1v) is 18.5. The number of likely N-dealkylation sites (N-methyl/N-ethyl adjacent to an activating group) is 1. The monoisotopic (exact) mass is 676 g/mol. The molecule has 0 saturated heterocycles. The van der Waals surface area contributed by atoms with E-state index in [4.69, 9.17) is 4.74 Å². The third-order valence-corrected chi connectivity index (χ3v) is 11.2. The zero-order chi connectivity index (χ0) is 34.9. The molecule has 2 aromatic carbocycles. The van der Waals surface area contributed by atoms with Gasteiger partial charge in [-0.1, -0.05) is 13.0 Å². The normalized spacial score (nSPS) is 19.1. The summed E-state index contributed by atoms with van der Waals surface area (Å²) in [6.45, 7) is 16.9. The highest BCUT2D eigenvalue weighted by molar-refractivity contribution is 7.85. The van der Waals surface area contributed by atoms with E-state index in [0.717, 1.165) is 57.3 Å². The second kappa shape index (κ2) is 11.9. The Hall–Kier alpha value is -3.96. The summed E-state index contributed by atoms with van der Waals surface area (Å²) in [6.07, 6.45) is 7.53. The number of carboxylic acids is 1. The molecule has 2 N–H and O–H groups in total. The van der Waals surface area contributed by atoms with Gasteiger partial charge in [-0.15, -0.1) is 0 Å². The lowest BCUT2D eigenvalue weighted by atomic mass is 9.81. The molecule has 3 aliphatic rings. The van der Waals surface area contributed by atoms with E-state index in [1.54, 1.807) is 0 Å². The Morgan fingerprint density at radius 3 is 2.42 bits per heavy atom. The van der Waals surface area contributed by atoms with Crippen molar-refractivity contribution >= 4 is 32.9 Å². The summed E-state index contributed by atoms with van der Waals surface area (Å²) < 4.78 is 47.8. The second-order valence-corrected chi connectivity index (χ2v) is 15.9. The quantitative estimate of drug-likeness (QED) is 0.202. The van der Waals surface area contributed by atoms with Gasteiger partial charge < -0.3 is 14.7 Å². The molecule has 11 heteroatoms. The molecule has 0 bridgehead atoms. The number of rotatable bonds is 9. The van der Waals surface area contributed by atoms with Gasteiger partial charge in [0.2, 0.25) is 5.36 Å². The lowest BCUT2D eigenvalue weighted by Gasteiger charge is -2.43. The van der Waals surface area contributed by atoms with E-state index >= 15 is 0 Å². The molecule has 0 saturated carbocycles. The molecule has 3 aliphatic heterocycles. The summed E-state index contributed by atoms with van der Waals surface area (Å²) in [6, 6.07) is 8.43. The molecule has 48 heavy (non-hydrogen) atoms. The molecule has 0 radical (unpaired) electrons. The highest BCUT2D eigenvalue weighted by atomic mass is 32.2. The van der Waals surface area contributed by atoms with E-state index in [1.165, 1.54) is 5.57 Å². The van der Waals surface area contributed by atoms with Gasteiger partial charge in [-0.05, 0) is 65.7 Å². The maximum atomic E-state index is 12.3. The predicted octanol–water partition coefficient (Wildman–Crippen LogP) is 4.22. The number of hydrogen-bond donors (Lipinski definition) is 2. The van der Waals surface area contributed by atoms with E-state index in [0.29, 0.717) is 24.5 Å². The van der Waals surface area contributed by atoms with Crippen molar-refractivity contribution in [3.05, 3.63) is 75.8 Å². The van der Waals surface area contributed by atoms with Crippen LogP contribution in [0.4, 0.5) is 5.69 Å². The van der Waals surface area contributed by atoms with Crippen LogP contribution in [0, 0.1) is 0 Å². The average Bonchev–Trinajstić information content (AvgIpc) is 3.35. The van der Waals surface area contributed by atoms with Crippen molar-refractivity contribution in [1.82, 2.24) is 9.14 Å². The van der Waals surface area contributed by atoms with Gasteiger partial charge in [0, 0.05) is 52.5 Å². The number of benzene rings is 2. The minimum Gasteiger partial charge on any atom is -0.481 e. The van der Waals surface area contributed by atoms with Crippen LogP contribution in [0.5, 0.6) is 11.5 Å². The van der Waals surface area contributed by atoms with Crippen molar-refractivity contribution in [1.29, 1.82) is 0 Å². The lowest BCUT2D eigenvalue weighted by Crippen LogP contribution is -2.53. The summed E-state index contributed by atoms with van der Waals surface area (Å²) >= 11 is 0. The predicted molar refractivity (Wildman–Crippen MR) is 187 cm³/mol. The van der Waals surface area contributed by atoms with Crippen molar-refractivity contribution < 1.29 is 32.2 Å². The first kappa shape index (κ1) is 33.9. The summed E-state index contributed by atoms with van der Waals surface area (Å²) in [5, 5.41) is 11.3. The fraction of sp³-hybridized carbons (Fsp3) is 0.486. The van der Waals surface area contributed by atoms with Crippen LogP contribution in [0.25, 0.3) is 11.1 Å². The van der Waals surface area contributed by atoms with Crippen LogP contribution >= 0.6 is 0 Å². The van der Waals surface area contributed by atoms with E-state index < -0.39 is 22.0 Å². The van der Waals surface area contributed by atoms with Crippen molar-refractivity contribution in [2.45, 2.75) is 91.3 Å². The van der Waals surface area contributed by atoms with E-state index in [-0.39, 0.29) is 29.8 Å². The van der Waals surface area contributed by atoms with Gasteiger partial charge >= 0.3 is 5.97 Å². The molecule has 6 rings (SSSR count). The molecule has 1 aromatic heterocycles. The maximum absolute atomic E-state index is 12.3. The van der Waals surface area contributed by atoms with Crippen molar-refractivity contribution in [3.63, 3.8) is 0 Å². The number of carboxylic acid groups (broad SMARTS) is 1. The average molecular weight is 677 g/mol. The second-order valence-electron chi connectivity index (χ2n) is 14.4. The molecule has 1 atom stereocenters. The number of nitrogens with zero attached hydrogens (tertiary/aromatic N) is 4. The van der Waals surface area contributed by atoms with Gasteiger partial charge in [0.25, 0.3) is 15.9 Å². The molecule has 1 unspecified atom stereocenters. The Bertz CT molecular complexity index is 2110. The molecule has 0 aliphatic carbocycles. The number of aliphatic carboxylic acids is 1. The summed E-state index contributed by atoms with van der Waals surface area (Å²) in [7, 11) is -2.31. The molecular weight excluding hydrogens is 628 g/mol. The highest BCUT2D eigenvalue weighted by Gasteiger charge is 2.42. The van der Waals surface area contributed by atoms with Crippen LogP contribution in [0.1, 0.15) is 96.2 Å². The number of allylic oxidation sites excluding steroid dienone is 1. The van der Waals surface area contributed by atoms with Gasteiger partial charge in [0.1, 0.15) is 37.0 Å². The SMILES string of the molecule is CCC1=CC(C)(C)N(CC)c2cc3c(cc21)C(c1n(CCC(=O)O)cc[n+]1C)=c1cc2c(cc1O3)=[N+](CC)C(C)(C)CC2CS(=O)(=O)O. The molecule has 0 fully saturated rings. The summed E-state index contributed by atoms with van der Waals surface area (Å²) in [5.41, 5.74) is 5.55. The minimum absolute atomic E-state index is 0.0419. The van der Waals surface area contributed by atoms with Crippen LogP contribution in [-0.4, -0.2) is 58.5 Å². The van der Waals surface area contributed by atoms with Crippen molar-refractivity contribution in [3.8, 4) is 11.5 Å². The molecule has 4 heterocycles. The zero-order valence-electron chi connectivity index (χ0n) is 29.3. The minimum atomic E-state index is -4.26. The summed E-state index contributed by atoms with van der Waals surface area (Å²) in [4.78, 5) is 14.1. The Labute approximate surface area is 283 Å². The molecule has 0 spiro atoms. The number of anilines is 1. The number of ether oxygens (including phenoxy) is 1. The molecular formula is C37H48N4O6S+2. The van der Waals surface area contributed by atoms with Crippen LogP contribution < -0.4 is 29.4 Å². The van der Waals surface area contributed by atoms with E-state index in [9.17, 15) is 22.9 Å². The van der Waals surface area contributed by atoms with Gasteiger partial charge in [0.15, 0.2) is 5.54 Å². The zero-order valence-corrected chi connectivity index (χ0v) is 30.1. The van der Waals surface area contributed by atoms with Crippen LogP contribution in [0.3, 0.4) is 0 Å². The van der Waals surface area contributed by atoms with E-state index in [2.05, 4.69) is 76.2 Å². The largest absolute Gasteiger partial charge is 0.481 e. The third kappa shape index (κ3) is 5.74. The number of fused-ring (bicyclic) bond motifs is 4. The Morgan fingerprint density at radius 2 is 1.79 bits per heavy atom. The van der Waals surface area contributed by atoms with Crippen LogP contribution in [-0.2, 0) is 28.5 Å². The lowest BCUT2D eigenvalue weighted by molar-refractivity contribution is -0.673. The molecule has 10 nitrogen and oxygen atoms in total. The molecule has 0 amide bonds. The number of carbonyl (C=O) groups is 1. The number of aryl methyl sites for hydroxylation is 2. The first-order chi connectivity index (χ1) is 22.5. The van der Waals surface area contributed by atoms with Gasteiger partial charge in [-0.25, -0.2) is 13.7 Å². The fourth-order valence-electron chi connectivity index (χ4n) is 8.41. The fourth-order valence-corrected chi connectivity index (χ4v) is 9.22. The molecule has 256 valence electrons. The van der Waals surface area contributed by atoms with Crippen LogP contribution in [0.2, 0.25) is 0 Å². The van der Waals surface area contributed by atoms with Crippen molar-refractivity contribution in [2.75, 3.05) is 23.7 Å². The Kier molecular flexibility index (Phi) is 8.39. The summed E-state index contributed by atoms with van der Waals surface area (Å²) in [5.74, 6) is 0.480. The van der Waals surface area contributed by atoms with Gasteiger partial charge in [-0.2, -0.15) is 8.42 Å². The van der Waals surface area contributed by atoms with Crippen molar-refractivity contribution in [2.24, 2.45) is 7.05 Å². The smallest absolute Gasteiger partial charge is 0.307 e. The van der Waals surface area contributed by atoms with Gasteiger partial charge in [0.05, 0.1) is 36.4 Å². The highest BCUT2D eigenvalue weighted by Crippen LogP contribution is 2.47. The number of hydrogen-bond acceptors (Lipinski definition) is 5. The van der Waals surface area contributed by atoms with E-state index in [1.807, 2.05) is 40.7 Å². The topological polar surface area (TPSA) is 116 Å². The maximum Gasteiger partial charge on any atom is 0.307 e. The Balaban J connectivity index is 1.75.